The molecule has 0 aromatic carbocycles. The van der Waals surface area contributed by atoms with E-state index in [9.17, 15) is 13.2 Å². The second-order valence-corrected chi connectivity index (χ2v) is 5.09. The Kier molecular flexibility index (Phi) is 3.31. The number of aromatic nitrogens is 2. The number of fused-ring (bicyclic) bond motifs is 1. The normalized spacial score (nSPS) is 17.0. The summed E-state index contributed by atoms with van der Waals surface area (Å²) in [7, 11) is 0. The van der Waals surface area contributed by atoms with E-state index in [4.69, 9.17) is 0 Å². The summed E-state index contributed by atoms with van der Waals surface area (Å²) in [4.78, 5) is 8.47. The molecule has 94 valence electrons. The van der Waals surface area contributed by atoms with Crippen molar-refractivity contribution in [1.82, 2.24) is 14.3 Å². The van der Waals surface area contributed by atoms with Crippen LogP contribution in [0.1, 0.15) is 22.8 Å². The predicted octanol–water partition coefficient (Wildman–Crippen LogP) is 2.62. The van der Waals surface area contributed by atoms with Gasteiger partial charge >= 0.3 is 5.51 Å². The second-order valence-electron chi connectivity index (χ2n) is 3.93. The van der Waals surface area contributed by atoms with Gasteiger partial charge in [-0.15, -0.1) is 0 Å². The monoisotopic (exact) mass is 263 g/mol. The molecule has 1 aliphatic rings. The minimum Gasteiger partial charge on any atom is -0.238 e. The first-order valence-electron chi connectivity index (χ1n) is 5.19. The minimum absolute atomic E-state index is 0.0680. The highest BCUT2D eigenvalue weighted by molar-refractivity contribution is 7.97. The van der Waals surface area contributed by atoms with Crippen LogP contribution in [-0.2, 0) is 13.0 Å². The van der Waals surface area contributed by atoms with Crippen molar-refractivity contribution in [2.24, 2.45) is 0 Å². The third-order valence-corrected chi connectivity index (χ3v) is 3.35. The van der Waals surface area contributed by atoms with Gasteiger partial charge in [-0.1, -0.05) is 0 Å². The lowest BCUT2D eigenvalue weighted by molar-refractivity contribution is -0.0365. The third-order valence-electron chi connectivity index (χ3n) is 2.58. The maximum absolute atomic E-state index is 12.3. The Bertz CT molecular complexity index is 434. The first-order chi connectivity index (χ1) is 7.85. The molecule has 1 aliphatic heterocycles. The Morgan fingerprint density at radius 1 is 1.24 bits per heavy atom. The number of alkyl halides is 3. The summed E-state index contributed by atoms with van der Waals surface area (Å²) in [6.07, 6.45) is 0.544. The van der Waals surface area contributed by atoms with E-state index in [1.807, 2.05) is 6.92 Å². The fourth-order valence-corrected chi connectivity index (χ4v) is 2.60. The molecule has 0 saturated carbocycles. The lowest BCUT2D eigenvalue weighted by Crippen LogP contribution is -2.29. The van der Waals surface area contributed by atoms with Crippen molar-refractivity contribution < 1.29 is 13.2 Å². The summed E-state index contributed by atoms with van der Waals surface area (Å²) in [6.45, 7) is 4.23. The Morgan fingerprint density at radius 2 is 1.94 bits per heavy atom. The van der Waals surface area contributed by atoms with Gasteiger partial charge in [0.2, 0.25) is 0 Å². The van der Waals surface area contributed by atoms with Gasteiger partial charge < -0.3 is 0 Å². The molecule has 3 nitrogen and oxygen atoms in total. The first-order valence-corrected chi connectivity index (χ1v) is 5.96. The van der Waals surface area contributed by atoms with Crippen LogP contribution in [0.4, 0.5) is 13.2 Å². The van der Waals surface area contributed by atoms with Gasteiger partial charge in [0.15, 0.2) is 0 Å². The molecule has 0 atom stereocenters. The largest absolute Gasteiger partial charge is 0.456 e. The fraction of sp³-hybridized carbons (Fsp3) is 0.600. The number of hydrogen-bond donors (Lipinski definition) is 0. The zero-order valence-electron chi connectivity index (χ0n) is 9.51. The molecule has 1 aromatic rings. The topological polar surface area (TPSA) is 29.0 Å². The van der Waals surface area contributed by atoms with Crippen LogP contribution in [0.3, 0.4) is 0 Å². The summed E-state index contributed by atoms with van der Waals surface area (Å²) in [5.74, 6) is 0.679. The number of halogens is 3. The Balaban J connectivity index is 2.19. The maximum Gasteiger partial charge on any atom is 0.456 e. The van der Waals surface area contributed by atoms with Gasteiger partial charge in [0, 0.05) is 42.7 Å². The van der Waals surface area contributed by atoms with E-state index in [1.54, 1.807) is 6.92 Å². The molecule has 17 heavy (non-hydrogen) atoms. The van der Waals surface area contributed by atoms with Crippen molar-refractivity contribution in [3.05, 3.63) is 22.8 Å². The van der Waals surface area contributed by atoms with Gasteiger partial charge in [-0.25, -0.2) is 14.3 Å². The van der Waals surface area contributed by atoms with E-state index in [2.05, 4.69) is 9.97 Å². The first kappa shape index (κ1) is 12.6. The maximum atomic E-state index is 12.3. The van der Waals surface area contributed by atoms with Crippen molar-refractivity contribution in [1.29, 1.82) is 0 Å². The summed E-state index contributed by atoms with van der Waals surface area (Å²) in [6, 6.07) is 0. The van der Waals surface area contributed by atoms with E-state index in [0.717, 1.165) is 17.0 Å². The van der Waals surface area contributed by atoms with Crippen LogP contribution in [-0.4, -0.2) is 26.3 Å². The zero-order chi connectivity index (χ0) is 12.6. The van der Waals surface area contributed by atoms with Gasteiger partial charge in [0.1, 0.15) is 5.82 Å². The smallest absolute Gasteiger partial charge is 0.238 e. The highest BCUT2D eigenvalue weighted by Crippen LogP contribution is 2.36. The second kappa shape index (κ2) is 4.45. The van der Waals surface area contributed by atoms with Crippen LogP contribution < -0.4 is 0 Å². The van der Waals surface area contributed by atoms with Crippen LogP contribution in [0.15, 0.2) is 0 Å². The Labute approximate surface area is 102 Å². The molecule has 2 heterocycles. The summed E-state index contributed by atoms with van der Waals surface area (Å²) in [5, 5.41) is 0. The van der Waals surface area contributed by atoms with Crippen LogP contribution in [0.5, 0.6) is 0 Å². The van der Waals surface area contributed by atoms with Crippen molar-refractivity contribution in [3.63, 3.8) is 0 Å². The van der Waals surface area contributed by atoms with Crippen molar-refractivity contribution in [3.8, 4) is 0 Å². The molecule has 7 heteroatoms. The summed E-state index contributed by atoms with van der Waals surface area (Å²) >= 11 is -0.0680. The predicted molar refractivity (Wildman–Crippen MR) is 59.3 cm³/mol. The number of nitrogens with zero attached hydrogens (tertiary/aromatic N) is 3. The molecular formula is C10H12F3N3S. The SMILES string of the molecule is Cc1nc(C)c2c(n1)CCN(SC(F)(F)F)C2. The van der Waals surface area contributed by atoms with Crippen LogP contribution >= 0.6 is 11.9 Å². The van der Waals surface area contributed by atoms with E-state index in [1.165, 1.54) is 4.31 Å². The number of hydrogen-bond acceptors (Lipinski definition) is 4. The van der Waals surface area contributed by atoms with Crippen molar-refractivity contribution in [2.45, 2.75) is 32.3 Å². The van der Waals surface area contributed by atoms with Crippen molar-refractivity contribution in [2.75, 3.05) is 6.54 Å². The average molecular weight is 263 g/mol. The van der Waals surface area contributed by atoms with Crippen LogP contribution in [0, 0.1) is 13.8 Å². The lowest BCUT2D eigenvalue weighted by atomic mass is 10.1. The standard InChI is InChI=1S/C10H12F3N3S/c1-6-8-5-16(17-10(11,12)13)4-3-9(8)15-7(2)14-6/h3-5H2,1-2H3. The Hall–Kier alpha value is -0.820. The molecule has 0 N–H and O–H groups in total. The summed E-state index contributed by atoms with van der Waals surface area (Å²) in [5.41, 5.74) is -1.73. The van der Waals surface area contributed by atoms with E-state index in [0.29, 0.717) is 18.8 Å². The average Bonchev–Trinajstić information content (AvgIpc) is 2.16. The molecule has 0 aliphatic carbocycles. The van der Waals surface area contributed by atoms with Gasteiger partial charge in [-0.05, 0) is 13.8 Å². The van der Waals surface area contributed by atoms with E-state index in [-0.39, 0.29) is 18.5 Å². The highest BCUT2D eigenvalue weighted by Gasteiger charge is 2.34. The zero-order valence-corrected chi connectivity index (χ0v) is 10.3. The summed E-state index contributed by atoms with van der Waals surface area (Å²) < 4.78 is 38.1. The van der Waals surface area contributed by atoms with E-state index < -0.39 is 5.51 Å². The van der Waals surface area contributed by atoms with E-state index >= 15 is 0 Å². The van der Waals surface area contributed by atoms with Crippen molar-refractivity contribution >= 4 is 11.9 Å². The van der Waals surface area contributed by atoms with Crippen LogP contribution in [0.25, 0.3) is 0 Å². The highest BCUT2D eigenvalue weighted by atomic mass is 32.2. The molecule has 1 aromatic heterocycles. The molecule has 0 saturated heterocycles. The molecular weight excluding hydrogens is 251 g/mol. The van der Waals surface area contributed by atoms with Gasteiger partial charge in [0.05, 0.1) is 5.69 Å². The van der Waals surface area contributed by atoms with Gasteiger partial charge in [0.25, 0.3) is 0 Å². The quantitative estimate of drug-likeness (QED) is 0.728. The van der Waals surface area contributed by atoms with Gasteiger partial charge in [-0.3, -0.25) is 0 Å². The number of rotatable bonds is 1. The third kappa shape index (κ3) is 3.10. The fourth-order valence-electron chi connectivity index (χ4n) is 1.93. The number of aryl methyl sites for hydroxylation is 2. The molecule has 0 amide bonds. The van der Waals surface area contributed by atoms with Crippen LogP contribution in [0.2, 0.25) is 0 Å². The molecule has 0 fully saturated rings. The molecule has 0 radical (unpaired) electrons. The lowest BCUT2D eigenvalue weighted by Gasteiger charge is -2.28. The molecule has 2 rings (SSSR count). The molecule has 0 unspecified atom stereocenters. The Morgan fingerprint density at radius 3 is 2.59 bits per heavy atom. The molecule has 0 bridgehead atoms. The van der Waals surface area contributed by atoms with Gasteiger partial charge in [-0.2, -0.15) is 13.2 Å². The minimum atomic E-state index is -4.23. The molecule has 0 spiro atoms.